The van der Waals surface area contributed by atoms with E-state index in [1.165, 1.54) is 18.2 Å². The molecule has 0 fully saturated rings. The molecule has 21 heavy (non-hydrogen) atoms. The molecule has 0 amide bonds. The minimum atomic E-state index is -4.50. The molecule has 1 aromatic carbocycles. The molecule has 0 spiro atoms. The largest absolute Gasteiger partial charge is 0.499 e. The normalized spacial score (nSPS) is 11.9. The molecular weight excluding hydrogens is 336 g/mol. The fourth-order valence-electron chi connectivity index (χ4n) is 1.67. The van der Waals surface area contributed by atoms with Crippen LogP contribution in [0.1, 0.15) is 26.2 Å². The topological polar surface area (TPSA) is 105 Å². The third-order valence-corrected chi connectivity index (χ3v) is 7.50. The van der Waals surface area contributed by atoms with E-state index < -0.39 is 34.7 Å². The molecule has 0 saturated heterocycles. The van der Waals surface area contributed by atoms with Crippen LogP contribution in [0, 0.1) is 0 Å². The van der Waals surface area contributed by atoms with Crippen LogP contribution >= 0.6 is 11.6 Å². The maximum Gasteiger partial charge on any atom is 0.499 e. The van der Waals surface area contributed by atoms with E-state index in [4.69, 9.17) is 17.1 Å². The smallest absolute Gasteiger partial charge is 0.359 e. The highest BCUT2D eigenvalue weighted by Crippen LogP contribution is 2.24. The van der Waals surface area contributed by atoms with Gasteiger partial charge in [0.25, 0.3) is 19.7 Å². The van der Waals surface area contributed by atoms with Gasteiger partial charge in [-0.1, -0.05) is 43.5 Å². The third kappa shape index (κ3) is 4.14. The number of hydrogen-bond donors (Lipinski definition) is 0. The predicted octanol–water partition coefficient (Wildman–Crippen LogP) is 2.30. The number of hydrogen-bond acceptors (Lipinski definition) is 4. The Labute approximate surface area is 129 Å². The lowest BCUT2D eigenvalue weighted by Gasteiger charge is -2.03. The maximum atomic E-state index is 12.3. The molecule has 0 radical (unpaired) electrons. The molecule has 9 heteroatoms. The Kier molecular flexibility index (Phi) is 6.10. The molecule has 1 aromatic rings. The second-order valence-electron chi connectivity index (χ2n) is 4.33. The number of nitrogens with zero attached hydrogens (tertiary/aromatic N) is 2. The quantitative estimate of drug-likeness (QED) is 0.267. The molecule has 0 heterocycles. The lowest BCUT2D eigenvalue weighted by atomic mass is 10.3. The van der Waals surface area contributed by atoms with Crippen LogP contribution in [0.15, 0.2) is 29.2 Å². The minimum Gasteiger partial charge on any atom is -0.359 e. The van der Waals surface area contributed by atoms with Gasteiger partial charge in [-0.15, -0.1) is 4.79 Å². The van der Waals surface area contributed by atoms with E-state index in [0.717, 1.165) is 12.5 Å². The molecule has 116 valence electrons. The van der Waals surface area contributed by atoms with Gasteiger partial charge in [0, 0.05) is 0 Å². The van der Waals surface area contributed by atoms with E-state index in [1.807, 2.05) is 6.92 Å². The van der Waals surface area contributed by atoms with Crippen molar-refractivity contribution in [1.29, 1.82) is 0 Å². The highest BCUT2D eigenvalue weighted by molar-refractivity contribution is 8.31. The number of unbranched alkanes of at least 4 members (excludes halogenated alkanes) is 2. The lowest BCUT2D eigenvalue weighted by molar-refractivity contribution is 0.00380. The van der Waals surface area contributed by atoms with Gasteiger partial charge < -0.3 is 5.53 Å². The van der Waals surface area contributed by atoms with Crippen LogP contribution in [-0.4, -0.2) is 31.8 Å². The van der Waals surface area contributed by atoms with Crippen LogP contribution in [0.5, 0.6) is 0 Å². The summed E-state index contributed by atoms with van der Waals surface area (Å²) in [5.41, 5.74) is 8.89. The fourth-order valence-corrected chi connectivity index (χ4v) is 5.73. The first-order chi connectivity index (χ1) is 9.77. The highest BCUT2D eigenvalue weighted by Gasteiger charge is 2.43. The van der Waals surface area contributed by atoms with Crippen molar-refractivity contribution >= 4 is 35.7 Å². The summed E-state index contributed by atoms with van der Waals surface area (Å²) >= 11 is 5.78. The van der Waals surface area contributed by atoms with E-state index in [-0.39, 0.29) is 11.4 Å². The van der Waals surface area contributed by atoms with Gasteiger partial charge >= 0.3 is 4.38 Å². The van der Waals surface area contributed by atoms with Crippen molar-refractivity contribution < 1.29 is 21.6 Å². The molecule has 1 rings (SSSR count). The van der Waals surface area contributed by atoms with Crippen LogP contribution in [0.2, 0.25) is 5.02 Å². The van der Waals surface area contributed by atoms with Gasteiger partial charge in [-0.2, -0.15) is 0 Å². The standard InChI is InChI=1S/C12H15ClN2O4S2/c1-2-3-6-9-20(16,17)12(15-14)21(18,19)11-8-5-4-7-10(11)13/h4-5,7-8H,2-3,6,9H2,1H3. The van der Waals surface area contributed by atoms with Gasteiger partial charge in [0.15, 0.2) is 0 Å². The molecule has 0 aliphatic rings. The molecule has 0 aliphatic heterocycles. The molecule has 0 saturated carbocycles. The summed E-state index contributed by atoms with van der Waals surface area (Å²) in [6, 6.07) is 5.38. The van der Waals surface area contributed by atoms with Crippen molar-refractivity contribution in [2.75, 3.05) is 5.75 Å². The molecule has 6 nitrogen and oxygen atoms in total. The summed E-state index contributed by atoms with van der Waals surface area (Å²) in [4.78, 5) is 2.11. The van der Waals surface area contributed by atoms with Crippen molar-refractivity contribution in [3.63, 3.8) is 0 Å². The summed E-state index contributed by atoms with van der Waals surface area (Å²) in [6.07, 6.45) is 1.69. The Morgan fingerprint density at radius 3 is 2.33 bits per heavy atom. The van der Waals surface area contributed by atoms with E-state index in [2.05, 4.69) is 4.79 Å². The summed E-state index contributed by atoms with van der Waals surface area (Å²) in [5.74, 6) is -0.399. The van der Waals surface area contributed by atoms with Crippen LogP contribution in [0.4, 0.5) is 0 Å². The zero-order chi connectivity index (χ0) is 16.1. The van der Waals surface area contributed by atoms with Gasteiger partial charge in [0.05, 0.1) is 15.7 Å². The molecule has 0 bridgehead atoms. The van der Waals surface area contributed by atoms with Gasteiger partial charge in [-0.3, -0.25) is 0 Å². The molecule has 0 unspecified atom stereocenters. The zero-order valence-electron chi connectivity index (χ0n) is 11.4. The molecule has 0 aliphatic carbocycles. The third-order valence-electron chi connectivity index (χ3n) is 2.72. The monoisotopic (exact) mass is 350 g/mol. The van der Waals surface area contributed by atoms with Gasteiger partial charge in [0.2, 0.25) is 0 Å². The Morgan fingerprint density at radius 2 is 1.81 bits per heavy atom. The van der Waals surface area contributed by atoms with Crippen molar-refractivity contribution in [2.24, 2.45) is 0 Å². The van der Waals surface area contributed by atoms with E-state index >= 15 is 0 Å². The number of sulfone groups is 2. The second kappa shape index (κ2) is 7.17. The van der Waals surface area contributed by atoms with Crippen LogP contribution in [0.25, 0.3) is 5.53 Å². The minimum absolute atomic E-state index is 0.137. The average molecular weight is 351 g/mol. The van der Waals surface area contributed by atoms with Crippen LogP contribution in [0.3, 0.4) is 0 Å². The molecule has 0 N–H and O–H groups in total. The summed E-state index contributed by atoms with van der Waals surface area (Å²) < 4.78 is 47.5. The second-order valence-corrected chi connectivity index (χ2v) is 8.85. The first kappa shape index (κ1) is 17.8. The Hall–Kier alpha value is -1.21. The summed E-state index contributed by atoms with van der Waals surface area (Å²) in [6.45, 7) is 1.88. The molecular formula is C12H15ClN2O4S2. The van der Waals surface area contributed by atoms with E-state index in [9.17, 15) is 16.8 Å². The van der Waals surface area contributed by atoms with Gasteiger partial charge in [0.1, 0.15) is 0 Å². The van der Waals surface area contributed by atoms with Gasteiger partial charge in [-0.05, 0) is 18.6 Å². The van der Waals surface area contributed by atoms with Crippen molar-refractivity contribution in [1.82, 2.24) is 0 Å². The van der Waals surface area contributed by atoms with Crippen molar-refractivity contribution in [2.45, 2.75) is 31.1 Å². The Balaban J connectivity index is 3.29. The molecule has 0 atom stereocenters. The van der Waals surface area contributed by atoms with Crippen molar-refractivity contribution in [3.8, 4) is 0 Å². The zero-order valence-corrected chi connectivity index (χ0v) is 13.7. The lowest BCUT2D eigenvalue weighted by Crippen LogP contribution is -2.28. The van der Waals surface area contributed by atoms with Crippen LogP contribution in [-0.2, 0) is 19.7 Å². The van der Waals surface area contributed by atoms with E-state index in [1.54, 1.807) is 0 Å². The number of rotatable bonds is 5. The Morgan fingerprint density at radius 1 is 1.19 bits per heavy atom. The first-order valence-electron chi connectivity index (χ1n) is 6.21. The van der Waals surface area contributed by atoms with Crippen molar-refractivity contribution in [3.05, 3.63) is 34.8 Å². The summed E-state index contributed by atoms with van der Waals surface area (Å²) in [7, 11) is -8.71. The SMILES string of the molecule is CCCCCS(=O)(=O)C(=[N+]=[N-])S(=O)(=O)c1ccccc1Cl. The predicted molar refractivity (Wildman–Crippen MR) is 80.6 cm³/mol. The molecule has 0 aromatic heterocycles. The maximum absolute atomic E-state index is 12.3. The van der Waals surface area contributed by atoms with Crippen LogP contribution < -0.4 is 0 Å². The fraction of sp³-hybridized carbons (Fsp3) is 0.417. The summed E-state index contributed by atoms with van der Waals surface area (Å²) in [5, 5.41) is -0.137. The Bertz CT molecular complexity index is 766. The highest BCUT2D eigenvalue weighted by atomic mass is 35.5. The average Bonchev–Trinajstić information content (AvgIpc) is 2.39. The first-order valence-corrected chi connectivity index (χ1v) is 9.73. The number of benzene rings is 1. The van der Waals surface area contributed by atoms with Gasteiger partial charge in [-0.25, -0.2) is 16.8 Å². The number of halogens is 1. The van der Waals surface area contributed by atoms with E-state index in [0.29, 0.717) is 6.42 Å².